The van der Waals surface area contributed by atoms with E-state index in [0.29, 0.717) is 26.2 Å². The Balaban J connectivity index is 2.52. The maximum atomic E-state index is 12.3. The van der Waals surface area contributed by atoms with Crippen LogP contribution in [0.4, 0.5) is 4.79 Å². The van der Waals surface area contributed by atoms with Crippen LogP contribution in [0.5, 0.6) is 5.75 Å². The van der Waals surface area contributed by atoms with Gasteiger partial charge in [-0.15, -0.1) is 0 Å². The van der Waals surface area contributed by atoms with Crippen LogP contribution >= 0.6 is 0 Å². The second kappa shape index (κ2) is 10.1. The van der Waals surface area contributed by atoms with Gasteiger partial charge in [-0.3, -0.25) is 0 Å². The number of hydrogen-bond donors (Lipinski definition) is 1. The van der Waals surface area contributed by atoms with Gasteiger partial charge in [0.15, 0.2) is 0 Å². The number of hydrogen-bond acceptors (Lipinski definition) is 4. The molecule has 0 atom stereocenters. The fourth-order valence-corrected chi connectivity index (χ4v) is 2.24. The molecule has 140 valence electrons. The molecular formula is C20H32N2O3. The van der Waals surface area contributed by atoms with E-state index < -0.39 is 5.60 Å². The van der Waals surface area contributed by atoms with Crippen LogP contribution in [0.25, 0.3) is 0 Å². The summed E-state index contributed by atoms with van der Waals surface area (Å²) in [4.78, 5) is 14.0. The van der Waals surface area contributed by atoms with Crippen molar-refractivity contribution in [3.8, 4) is 5.75 Å². The fourth-order valence-electron chi connectivity index (χ4n) is 2.24. The Hall–Kier alpha value is -2.01. The standard InChI is InChI=1S/C20H32N2O3/c1-7-14-24-18-11-9-8-10-17(18)15-21-12-13-22(16(2)3)19(23)25-20(4,5)6/h7-11,16,21H,1,12-15H2,2-6H3. The van der Waals surface area contributed by atoms with Crippen molar-refractivity contribution in [3.63, 3.8) is 0 Å². The summed E-state index contributed by atoms with van der Waals surface area (Å²) in [5, 5.41) is 3.37. The molecule has 0 spiro atoms. The molecule has 0 aliphatic rings. The summed E-state index contributed by atoms with van der Waals surface area (Å²) >= 11 is 0. The number of ether oxygens (including phenoxy) is 2. The summed E-state index contributed by atoms with van der Waals surface area (Å²) in [5.74, 6) is 0.850. The molecular weight excluding hydrogens is 316 g/mol. The average Bonchev–Trinajstić information content (AvgIpc) is 2.51. The summed E-state index contributed by atoms with van der Waals surface area (Å²) < 4.78 is 11.1. The van der Waals surface area contributed by atoms with Crippen molar-refractivity contribution in [2.45, 2.75) is 52.8 Å². The number of rotatable bonds is 9. The highest BCUT2D eigenvalue weighted by Crippen LogP contribution is 2.17. The van der Waals surface area contributed by atoms with Crippen molar-refractivity contribution in [2.75, 3.05) is 19.7 Å². The molecule has 0 radical (unpaired) electrons. The van der Waals surface area contributed by atoms with Gasteiger partial charge in [-0.2, -0.15) is 0 Å². The van der Waals surface area contributed by atoms with Crippen LogP contribution in [0.3, 0.4) is 0 Å². The van der Waals surface area contributed by atoms with Crippen LogP contribution in [0, 0.1) is 0 Å². The first-order chi connectivity index (χ1) is 11.7. The van der Waals surface area contributed by atoms with Crippen molar-refractivity contribution in [2.24, 2.45) is 0 Å². The number of benzene rings is 1. The molecule has 0 aliphatic carbocycles. The van der Waals surface area contributed by atoms with E-state index in [-0.39, 0.29) is 12.1 Å². The van der Waals surface area contributed by atoms with Gasteiger partial charge in [-0.25, -0.2) is 4.79 Å². The lowest BCUT2D eigenvalue weighted by atomic mass is 10.2. The van der Waals surface area contributed by atoms with Gasteiger partial charge in [0.25, 0.3) is 0 Å². The molecule has 0 aliphatic heterocycles. The van der Waals surface area contributed by atoms with E-state index in [0.717, 1.165) is 11.3 Å². The summed E-state index contributed by atoms with van der Waals surface area (Å²) in [6.45, 7) is 15.7. The van der Waals surface area contributed by atoms with E-state index in [1.807, 2.05) is 58.9 Å². The summed E-state index contributed by atoms with van der Waals surface area (Å²) in [7, 11) is 0. The Kier molecular flexibility index (Phi) is 8.49. The van der Waals surface area contributed by atoms with E-state index in [1.54, 1.807) is 11.0 Å². The Morgan fingerprint density at radius 1 is 1.32 bits per heavy atom. The predicted octanol–water partition coefficient (Wildman–Crippen LogP) is 3.99. The van der Waals surface area contributed by atoms with E-state index >= 15 is 0 Å². The molecule has 0 heterocycles. The van der Waals surface area contributed by atoms with E-state index in [1.165, 1.54) is 0 Å². The van der Waals surface area contributed by atoms with Gasteiger partial charge in [-0.1, -0.05) is 30.9 Å². The Morgan fingerprint density at radius 3 is 2.60 bits per heavy atom. The van der Waals surface area contributed by atoms with Gasteiger partial charge < -0.3 is 19.7 Å². The van der Waals surface area contributed by atoms with Crippen LogP contribution in [0.1, 0.15) is 40.2 Å². The molecule has 0 bridgehead atoms. The minimum Gasteiger partial charge on any atom is -0.489 e. The van der Waals surface area contributed by atoms with Crippen molar-refractivity contribution < 1.29 is 14.3 Å². The zero-order valence-electron chi connectivity index (χ0n) is 16.2. The molecule has 25 heavy (non-hydrogen) atoms. The van der Waals surface area contributed by atoms with Crippen LogP contribution in [-0.2, 0) is 11.3 Å². The van der Waals surface area contributed by atoms with Crippen LogP contribution in [0.2, 0.25) is 0 Å². The quantitative estimate of drug-likeness (QED) is 0.542. The normalized spacial score (nSPS) is 11.3. The van der Waals surface area contributed by atoms with Gasteiger partial charge >= 0.3 is 6.09 Å². The number of para-hydroxylation sites is 1. The second-order valence-electron chi connectivity index (χ2n) is 7.15. The maximum absolute atomic E-state index is 12.3. The molecule has 5 nitrogen and oxygen atoms in total. The molecule has 1 N–H and O–H groups in total. The maximum Gasteiger partial charge on any atom is 0.410 e. The Labute approximate surface area is 152 Å². The molecule has 0 saturated heterocycles. The lowest BCUT2D eigenvalue weighted by Gasteiger charge is -2.30. The van der Waals surface area contributed by atoms with Crippen molar-refractivity contribution in [3.05, 3.63) is 42.5 Å². The molecule has 1 rings (SSSR count). The zero-order chi connectivity index (χ0) is 18.9. The first-order valence-electron chi connectivity index (χ1n) is 8.76. The third kappa shape index (κ3) is 8.07. The molecule has 0 saturated carbocycles. The third-order valence-corrected chi connectivity index (χ3v) is 3.43. The molecule has 0 fully saturated rings. The lowest BCUT2D eigenvalue weighted by molar-refractivity contribution is 0.0193. The number of carbonyl (C=O) groups is 1. The third-order valence-electron chi connectivity index (χ3n) is 3.43. The molecule has 0 aromatic heterocycles. The monoisotopic (exact) mass is 348 g/mol. The smallest absolute Gasteiger partial charge is 0.410 e. The minimum absolute atomic E-state index is 0.0832. The average molecular weight is 348 g/mol. The van der Waals surface area contributed by atoms with E-state index in [4.69, 9.17) is 9.47 Å². The SMILES string of the molecule is C=CCOc1ccccc1CNCCN(C(=O)OC(C)(C)C)C(C)C. The fraction of sp³-hybridized carbons (Fsp3) is 0.550. The Bertz CT molecular complexity index is 550. The molecule has 1 aromatic carbocycles. The van der Waals surface area contributed by atoms with E-state index in [9.17, 15) is 4.79 Å². The molecule has 1 amide bonds. The van der Waals surface area contributed by atoms with Gasteiger partial charge in [0.1, 0.15) is 18.0 Å². The number of nitrogens with one attached hydrogen (secondary N) is 1. The van der Waals surface area contributed by atoms with Crippen LogP contribution in [-0.4, -0.2) is 42.3 Å². The molecule has 0 unspecified atom stereocenters. The van der Waals surface area contributed by atoms with E-state index in [2.05, 4.69) is 11.9 Å². The molecule has 1 aromatic rings. The first-order valence-corrected chi connectivity index (χ1v) is 8.76. The highest BCUT2D eigenvalue weighted by atomic mass is 16.6. The topological polar surface area (TPSA) is 50.8 Å². The minimum atomic E-state index is -0.487. The summed E-state index contributed by atoms with van der Waals surface area (Å²) in [6.07, 6.45) is 1.45. The first kappa shape index (κ1) is 21.0. The summed E-state index contributed by atoms with van der Waals surface area (Å²) in [6, 6.07) is 7.99. The summed E-state index contributed by atoms with van der Waals surface area (Å²) in [5.41, 5.74) is 0.594. The van der Waals surface area contributed by atoms with Crippen LogP contribution < -0.4 is 10.1 Å². The Morgan fingerprint density at radius 2 is 2.00 bits per heavy atom. The number of carbonyl (C=O) groups excluding carboxylic acids is 1. The number of amides is 1. The zero-order valence-corrected chi connectivity index (χ0v) is 16.2. The van der Waals surface area contributed by atoms with Gasteiger partial charge in [-0.05, 0) is 40.7 Å². The van der Waals surface area contributed by atoms with Gasteiger partial charge in [0.05, 0.1) is 0 Å². The van der Waals surface area contributed by atoms with Crippen LogP contribution in [0.15, 0.2) is 36.9 Å². The lowest BCUT2D eigenvalue weighted by Crippen LogP contribution is -2.44. The predicted molar refractivity (Wildman–Crippen MR) is 102 cm³/mol. The largest absolute Gasteiger partial charge is 0.489 e. The second-order valence-corrected chi connectivity index (χ2v) is 7.15. The van der Waals surface area contributed by atoms with Gasteiger partial charge in [0.2, 0.25) is 0 Å². The van der Waals surface area contributed by atoms with Gasteiger partial charge in [0, 0.05) is 31.2 Å². The highest BCUT2D eigenvalue weighted by Gasteiger charge is 2.23. The highest BCUT2D eigenvalue weighted by molar-refractivity contribution is 5.68. The molecule has 5 heteroatoms. The number of nitrogens with zero attached hydrogens (tertiary/aromatic N) is 1. The van der Waals surface area contributed by atoms with Crippen molar-refractivity contribution in [1.29, 1.82) is 0 Å². The van der Waals surface area contributed by atoms with Crippen molar-refractivity contribution in [1.82, 2.24) is 10.2 Å². The van der Waals surface area contributed by atoms with Crippen molar-refractivity contribution >= 4 is 6.09 Å².